The molecule has 0 unspecified atom stereocenters. The van der Waals surface area contributed by atoms with Crippen LogP contribution in [0.5, 0.6) is 23.0 Å². The van der Waals surface area contributed by atoms with Crippen LogP contribution in [0.3, 0.4) is 0 Å². The summed E-state index contributed by atoms with van der Waals surface area (Å²) in [5.41, 5.74) is 2.39. The van der Waals surface area contributed by atoms with E-state index in [4.69, 9.17) is 27.8 Å². The molecule has 2 aromatic heterocycles. The molecule has 0 saturated carbocycles. The van der Waals surface area contributed by atoms with Gasteiger partial charge in [0.15, 0.2) is 0 Å². The summed E-state index contributed by atoms with van der Waals surface area (Å²) in [7, 11) is 0. The summed E-state index contributed by atoms with van der Waals surface area (Å²) in [6.07, 6.45) is 24.2. The highest BCUT2D eigenvalue weighted by molar-refractivity contribution is 7.99. The molecule has 0 spiro atoms. The van der Waals surface area contributed by atoms with Crippen LogP contribution in [0.4, 0.5) is 0 Å². The minimum Gasteiger partial charge on any atom is -0.494 e. The zero-order valence-electron chi connectivity index (χ0n) is 41.1. The Morgan fingerprint density at radius 3 is 1.10 bits per heavy atom. The molecule has 0 fully saturated rings. The molecule has 6 rings (SSSR count). The Hall–Kier alpha value is -5.60. The summed E-state index contributed by atoms with van der Waals surface area (Å²) < 4.78 is 34.7. The maximum atomic E-state index is 12.8. The molecule has 70 heavy (non-hydrogen) atoms. The Kier molecular flexibility index (Phi) is 24.3. The van der Waals surface area contributed by atoms with Crippen LogP contribution in [0.15, 0.2) is 116 Å². The molecule has 0 aliphatic rings. The van der Waals surface area contributed by atoms with Gasteiger partial charge in [0.05, 0.1) is 24.3 Å². The van der Waals surface area contributed by atoms with Gasteiger partial charge in [0, 0.05) is 22.6 Å². The van der Waals surface area contributed by atoms with Crippen LogP contribution in [0.1, 0.15) is 163 Å². The predicted octanol–water partition coefficient (Wildman–Crippen LogP) is 15.7. The molecule has 0 N–H and O–H groups in total. The summed E-state index contributed by atoms with van der Waals surface area (Å²) in [5.74, 6) is 4.03. The number of ether oxygens (including phenoxy) is 4. The van der Waals surface area contributed by atoms with E-state index in [0.29, 0.717) is 58.1 Å². The van der Waals surface area contributed by atoms with E-state index in [-0.39, 0.29) is 0 Å². The van der Waals surface area contributed by atoms with E-state index in [1.807, 2.05) is 24.3 Å². The van der Waals surface area contributed by atoms with Gasteiger partial charge in [0.2, 0.25) is 11.8 Å². The number of carbonyl (C=O) groups is 2. The molecule has 0 aliphatic heterocycles. The van der Waals surface area contributed by atoms with E-state index in [0.717, 1.165) is 72.7 Å². The highest BCUT2D eigenvalue weighted by atomic mass is 32.2. The smallest absolute Gasteiger partial charge is 0.343 e. The molecule has 0 bridgehead atoms. The Morgan fingerprint density at radius 1 is 0.400 bits per heavy atom. The first-order valence-electron chi connectivity index (χ1n) is 25.5. The van der Waals surface area contributed by atoms with Gasteiger partial charge in [0.25, 0.3) is 10.4 Å². The van der Waals surface area contributed by atoms with Crippen molar-refractivity contribution in [3.05, 3.63) is 108 Å². The number of nitrogens with zero attached hydrogens (tertiary/aromatic N) is 4. The van der Waals surface area contributed by atoms with E-state index in [9.17, 15) is 9.59 Å². The minimum absolute atomic E-state index is 0.412. The second kappa shape index (κ2) is 31.6. The molecule has 374 valence electrons. The normalized spacial score (nSPS) is 11.2. The topological polar surface area (TPSA) is 149 Å². The summed E-state index contributed by atoms with van der Waals surface area (Å²) in [6.45, 7) is 5.84. The monoisotopic (exact) mass is 990 g/mol. The van der Waals surface area contributed by atoms with Crippen molar-refractivity contribution in [2.75, 3.05) is 24.7 Å². The number of hydrogen-bond acceptors (Lipinski definition) is 14. The van der Waals surface area contributed by atoms with Gasteiger partial charge in [-0.15, -0.1) is 20.4 Å². The highest BCUT2D eigenvalue weighted by Gasteiger charge is 2.15. The number of thioether (sulfide) groups is 2. The summed E-state index contributed by atoms with van der Waals surface area (Å²) in [4.78, 5) is 25.6. The van der Waals surface area contributed by atoms with Gasteiger partial charge in [-0.25, -0.2) is 9.59 Å². The lowest BCUT2D eigenvalue weighted by molar-refractivity contribution is 0.0725. The molecule has 6 aromatic rings. The third-order valence-electron chi connectivity index (χ3n) is 11.6. The fraction of sp³-hybridized carbons (Fsp3) is 0.464. The molecule has 4 aromatic carbocycles. The Morgan fingerprint density at radius 2 is 0.729 bits per heavy atom. The SMILES string of the molecule is CCCCCCCCCCOc1ccc(C(=O)Oc2ccc(-c3nnc(SCCCCCCSc4nnc(-c5ccc(OC(=O)c6ccc(OCCCCCCCCCC)cc6)cc5)o4)o3)cc2)cc1. The summed E-state index contributed by atoms with van der Waals surface area (Å²) in [5, 5.41) is 17.9. The van der Waals surface area contributed by atoms with E-state index >= 15 is 0 Å². The quantitative estimate of drug-likeness (QED) is 0.0161. The molecule has 0 atom stereocenters. The highest BCUT2D eigenvalue weighted by Crippen LogP contribution is 2.29. The first-order valence-corrected chi connectivity index (χ1v) is 27.5. The molecular formula is C56H70N4O8S2. The number of rotatable bonds is 35. The van der Waals surface area contributed by atoms with Crippen LogP contribution in [-0.2, 0) is 0 Å². The van der Waals surface area contributed by atoms with Gasteiger partial charge in [-0.1, -0.05) is 140 Å². The van der Waals surface area contributed by atoms with Gasteiger partial charge in [-0.05, 0) is 123 Å². The second-order valence-electron chi connectivity index (χ2n) is 17.4. The minimum atomic E-state index is -0.436. The van der Waals surface area contributed by atoms with Crippen molar-refractivity contribution in [1.82, 2.24) is 20.4 Å². The first-order chi connectivity index (χ1) is 34.5. The van der Waals surface area contributed by atoms with Crippen molar-refractivity contribution in [1.29, 1.82) is 0 Å². The molecule has 2 heterocycles. The summed E-state index contributed by atoms with van der Waals surface area (Å²) in [6, 6.07) is 28.2. The van der Waals surface area contributed by atoms with Crippen LogP contribution in [0, 0.1) is 0 Å². The van der Waals surface area contributed by atoms with Crippen LogP contribution in [0.25, 0.3) is 22.9 Å². The lowest BCUT2D eigenvalue weighted by atomic mass is 10.1. The number of benzene rings is 4. The third-order valence-corrected chi connectivity index (χ3v) is 13.4. The Labute approximate surface area is 422 Å². The van der Waals surface area contributed by atoms with Crippen molar-refractivity contribution < 1.29 is 37.4 Å². The van der Waals surface area contributed by atoms with Gasteiger partial charge in [-0.3, -0.25) is 0 Å². The number of hydrogen-bond donors (Lipinski definition) is 0. The van der Waals surface area contributed by atoms with E-state index in [2.05, 4.69) is 34.2 Å². The van der Waals surface area contributed by atoms with Crippen LogP contribution in [0.2, 0.25) is 0 Å². The average Bonchev–Trinajstić information content (AvgIpc) is 4.07. The van der Waals surface area contributed by atoms with Crippen molar-refractivity contribution >= 4 is 35.5 Å². The molecule has 0 amide bonds. The third kappa shape index (κ3) is 19.7. The zero-order valence-corrected chi connectivity index (χ0v) is 42.7. The molecular weight excluding hydrogens is 921 g/mol. The number of esters is 2. The van der Waals surface area contributed by atoms with Gasteiger partial charge >= 0.3 is 11.9 Å². The van der Waals surface area contributed by atoms with Crippen molar-refractivity contribution in [2.24, 2.45) is 0 Å². The van der Waals surface area contributed by atoms with Gasteiger partial charge in [-0.2, -0.15) is 0 Å². The lowest BCUT2D eigenvalue weighted by Gasteiger charge is -2.08. The first kappa shape index (κ1) is 53.7. The van der Waals surface area contributed by atoms with Crippen molar-refractivity contribution in [3.8, 4) is 45.9 Å². The molecule has 14 heteroatoms. The molecule has 0 saturated heterocycles. The number of carbonyl (C=O) groups excluding carboxylic acids is 2. The Balaban J connectivity index is 0.791. The maximum absolute atomic E-state index is 12.8. The van der Waals surface area contributed by atoms with E-state index in [1.54, 1.807) is 72.8 Å². The van der Waals surface area contributed by atoms with E-state index in [1.165, 1.54) is 113 Å². The second-order valence-corrected chi connectivity index (χ2v) is 19.5. The van der Waals surface area contributed by atoms with E-state index < -0.39 is 11.9 Å². The van der Waals surface area contributed by atoms with Crippen LogP contribution < -0.4 is 18.9 Å². The predicted molar refractivity (Wildman–Crippen MR) is 278 cm³/mol. The number of aromatic nitrogens is 4. The van der Waals surface area contributed by atoms with Crippen molar-refractivity contribution in [3.63, 3.8) is 0 Å². The van der Waals surface area contributed by atoms with Crippen LogP contribution in [-0.4, -0.2) is 57.1 Å². The lowest BCUT2D eigenvalue weighted by Crippen LogP contribution is -2.08. The van der Waals surface area contributed by atoms with Crippen LogP contribution >= 0.6 is 23.5 Å². The fourth-order valence-electron chi connectivity index (χ4n) is 7.54. The molecule has 12 nitrogen and oxygen atoms in total. The fourth-order valence-corrected chi connectivity index (χ4v) is 9.05. The average molecular weight is 991 g/mol. The maximum Gasteiger partial charge on any atom is 0.343 e. The largest absolute Gasteiger partial charge is 0.494 e. The molecule has 0 aliphatic carbocycles. The van der Waals surface area contributed by atoms with Gasteiger partial charge < -0.3 is 27.8 Å². The standard InChI is InChI=1S/C56H70N4O8S2/c1-3-5-7-9-11-13-15-19-39-63-47-31-27-45(28-32-47)53(61)65-49-35-23-43(24-36-49)51-57-59-55(67-51)69-41-21-17-18-22-42-70-56-60-58-52(68-56)44-25-37-50(38-26-44)66-54(62)46-29-33-48(34-30-46)64-40-20-16-14-12-10-8-6-4-2/h23-38H,3-22,39-42H2,1-2H3. The number of unbranched alkanes of at least 4 members (excludes halogenated alkanes) is 17. The van der Waals surface area contributed by atoms with Crippen molar-refractivity contribution in [2.45, 2.75) is 153 Å². The molecule has 0 radical (unpaired) electrons. The Bertz CT molecular complexity index is 2200. The zero-order chi connectivity index (χ0) is 48.9. The van der Waals surface area contributed by atoms with Gasteiger partial charge in [0.1, 0.15) is 23.0 Å². The summed E-state index contributed by atoms with van der Waals surface area (Å²) >= 11 is 3.08.